The molecule has 0 amide bonds. The lowest BCUT2D eigenvalue weighted by atomic mass is 10.1. The number of piperazine rings is 1. The summed E-state index contributed by atoms with van der Waals surface area (Å²) in [7, 11) is 0. The van der Waals surface area contributed by atoms with Crippen LogP contribution in [0.2, 0.25) is 0 Å². The Morgan fingerprint density at radius 3 is 2.85 bits per heavy atom. The Kier molecular flexibility index (Phi) is 3.92. The van der Waals surface area contributed by atoms with E-state index in [1.54, 1.807) is 6.20 Å². The zero-order valence-corrected chi connectivity index (χ0v) is 11.1. The summed E-state index contributed by atoms with van der Waals surface area (Å²) in [6.07, 6.45) is 1.73. The van der Waals surface area contributed by atoms with Crippen molar-refractivity contribution in [3.05, 3.63) is 59.6 Å². The SMILES string of the molecule is [O-][NH+]1CCNC(c2ncccc2Oc2ccccc2)C1. The number of hydrogen-bond acceptors (Lipinski definition) is 4. The average molecular weight is 271 g/mol. The molecule has 2 aromatic rings. The van der Waals surface area contributed by atoms with Crippen molar-refractivity contribution in [1.29, 1.82) is 0 Å². The molecule has 0 bridgehead atoms. The number of nitrogens with one attached hydrogen (secondary N) is 2. The lowest BCUT2D eigenvalue weighted by Crippen LogP contribution is -3.10. The first-order valence-corrected chi connectivity index (χ1v) is 6.76. The largest absolute Gasteiger partial charge is 0.634 e. The number of benzene rings is 1. The van der Waals surface area contributed by atoms with Crippen LogP contribution in [0.3, 0.4) is 0 Å². The molecule has 2 atom stereocenters. The van der Waals surface area contributed by atoms with Gasteiger partial charge in [-0.05, 0) is 24.3 Å². The van der Waals surface area contributed by atoms with Crippen LogP contribution in [0, 0.1) is 5.21 Å². The molecule has 1 fully saturated rings. The highest BCUT2D eigenvalue weighted by Crippen LogP contribution is 2.27. The van der Waals surface area contributed by atoms with Gasteiger partial charge >= 0.3 is 0 Å². The Bertz CT molecular complexity index is 562. The van der Waals surface area contributed by atoms with Gasteiger partial charge in [0, 0.05) is 12.7 Å². The normalized spacial score (nSPS) is 22.4. The lowest BCUT2D eigenvalue weighted by molar-refractivity contribution is -0.854. The van der Waals surface area contributed by atoms with Crippen LogP contribution < -0.4 is 15.1 Å². The molecule has 0 spiro atoms. The Hall–Kier alpha value is -1.95. The van der Waals surface area contributed by atoms with Crippen LogP contribution in [0.5, 0.6) is 11.5 Å². The summed E-state index contributed by atoms with van der Waals surface area (Å²) >= 11 is 0. The number of quaternary nitrogens is 1. The number of pyridine rings is 1. The van der Waals surface area contributed by atoms with E-state index in [1.165, 1.54) is 0 Å². The van der Waals surface area contributed by atoms with Crippen molar-refractivity contribution < 1.29 is 9.80 Å². The molecular weight excluding hydrogens is 254 g/mol. The van der Waals surface area contributed by atoms with Crippen molar-refractivity contribution in [3.8, 4) is 11.5 Å². The Balaban J connectivity index is 1.84. The van der Waals surface area contributed by atoms with E-state index in [-0.39, 0.29) is 11.1 Å². The maximum Gasteiger partial charge on any atom is 0.150 e. The van der Waals surface area contributed by atoms with E-state index in [0.29, 0.717) is 25.4 Å². The van der Waals surface area contributed by atoms with E-state index in [0.717, 1.165) is 11.4 Å². The van der Waals surface area contributed by atoms with Crippen LogP contribution in [0.1, 0.15) is 11.7 Å². The summed E-state index contributed by atoms with van der Waals surface area (Å²) in [6.45, 7) is 1.77. The smallest absolute Gasteiger partial charge is 0.150 e. The fourth-order valence-corrected chi connectivity index (χ4v) is 2.35. The number of rotatable bonds is 3. The third-order valence-corrected chi connectivity index (χ3v) is 3.33. The fourth-order valence-electron chi connectivity index (χ4n) is 2.35. The fraction of sp³-hybridized carbons (Fsp3) is 0.267. The van der Waals surface area contributed by atoms with Crippen LogP contribution in [0.15, 0.2) is 48.7 Å². The van der Waals surface area contributed by atoms with Gasteiger partial charge in [-0.25, -0.2) is 0 Å². The molecule has 2 N–H and O–H groups in total. The maximum absolute atomic E-state index is 11.6. The molecule has 104 valence electrons. The van der Waals surface area contributed by atoms with Crippen molar-refractivity contribution in [1.82, 2.24) is 10.3 Å². The molecule has 3 rings (SSSR count). The van der Waals surface area contributed by atoms with Gasteiger partial charge < -0.3 is 15.0 Å². The molecule has 1 aliphatic rings. The molecule has 0 saturated carbocycles. The summed E-state index contributed by atoms with van der Waals surface area (Å²) in [5.74, 6) is 1.47. The molecule has 1 aliphatic heterocycles. The molecular formula is C15H17N3O2. The molecule has 2 heterocycles. The van der Waals surface area contributed by atoms with Gasteiger partial charge in [-0.1, -0.05) is 18.2 Å². The molecule has 1 saturated heterocycles. The second-order valence-electron chi connectivity index (χ2n) is 4.80. The second kappa shape index (κ2) is 6.00. The Morgan fingerprint density at radius 2 is 2.05 bits per heavy atom. The van der Waals surface area contributed by atoms with Gasteiger partial charge in [-0.3, -0.25) is 10.3 Å². The Labute approximate surface area is 117 Å². The number of hydroxylamine groups is 2. The minimum Gasteiger partial charge on any atom is -0.634 e. The van der Waals surface area contributed by atoms with Gasteiger partial charge in [0.2, 0.25) is 0 Å². The molecule has 0 aliphatic carbocycles. The van der Waals surface area contributed by atoms with Crippen molar-refractivity contribution in [2.75, 3.05) is 19.6 Å². The van der Waals surface area contributed by atoms with Crippen LogP contribution in [0.25, 0.3) is 0 Å². The summed E-state index contributed by atoms with van der Waals surface area (Å²) < 4.78 is 5.88. The molecule has 0 radical (unpaired) electrons. The summed E-state index contributed by atoms with van der Waals surface area (Å²) in [6, 6.07) is 13.3. The van der Waals surface area contributed by atoms with E-state index in [9.17, 15) is 5.21 Å². The first-order chi connectivity index (χ1) is 9.83. The minimum absolute atomic E-state index is 0.0591. The highest BCUT2D eigenvalue weighted by Gasteiger charge is 2.24. The quantitative estimate of drug-likeness (QED) is 0.814. The number of hydrogen-bond donors (Lipinski definition) is 2. The predicted molar refractivity (Wildman–Crippen MR) is 75.6 cm³/mol. The monoisotopic (exact) mass is 271 g/mol. The van der Waals surface area contributed by atoms with Crippen LogP contribution in [-0.2, 0) is 0 Å². The van der Waals surface area contributed by atoms with Gasteiger partial charge in [-0.15, -0.1) is 0 Å². The van der Waals surface area contributed by atoms with Gasteiger partial charge in [0.25, 0.3) is 0 Å². The van der Waals surface area contributed by atoms with Gasteiger partial charge in [0.05, 0.1) is 13.1 Å². The van der Waals surface area contributed by atoms with E-state index in [4.69, 9.17) is 4.74 Å². The van der Waals surface area contributed by atoms with Gasteiger partial charge in [-0.2, -0.15) is 0 Å². The molecule has 1 aromatic heterocycles. The number of nitrogens with zero attached hydrogens (tertiary/aromatic N) is 1. The van der Waals surface area contributed by atoms with Crippen molar-refractivity contribution in [2.24, 2.45) is 0 Å². The third-order valence-electron chi connectivity index (χ3n) is 3.33. The van der Waals surface area contributed by atoms with Crippen molar-refractivity contribution >= 4 is 0 Å². The summed E-state index contributed by atoms with van der Waals surface area (Å²) in [5.41, 5.74) is 0.796. The van der Waals surface area contributed by atoms with Crippen molar-refractivity contribution in [2.45, 2.75) is 6.04 Å². The first-order valence-electron chi connectivity index (χ1n) is 6.76. The second-order valence-corrected chi connectivity index (χ2v) is 4.80. The average Bonchev–Trinajstić information content (AvgIpc) is 2.49. The van der Waals surface area contributed by atoms with E-state index in [1.807, 2.05) is 42.5 Å². The van der Waals surface area contributed by atoms with E-state index < -0.39 is 0 Å². The standard InChI is InChI=1S/C15H17N3O2/c19-18-10-9-16-13(11-18)15-14(7-4-8-17-15)20-12-5-2-1-3-6-12/h1-8,13,16,18H,9-11H2. The molecule has 1 aromatic carbocycles. The molecule has 5 heteroatoms. The highest BCUT2D eigenvalue weighted by atomic mass is 16.5. The molecule has 2 unspecified atom stereocenters. The zero-order chi connectivity index (χ0) is 13.8. The van der Waals surface area contributed by atoms with E-state index >= 15 is 0 Å². The number of aromatic nitrogens is 1. The highest BCUT2D eigenvalue weighted by molar-refractivity contribution is 5.35. The number of ether oxygens (including phenoxy) is 1. The van der Waals surface area contributed by atoms with E-state index in [2.05, 4.69) is 10.3 Å². The van der Waals surface area contributed by atoms with Crippen LogP contribution in [0.4, 0.5) is 0 Å². The zero-order valence-electron chi connectivity index (χ0n) is 11.1. The molecule has 20 heavy (non-hydrogen) atoms. The minimum atomic E-state index is -0.0591. The van der Waals surface area contributed by atoms with Crippen molar-refractivity contribution in [3.63, 3.8) is 0 Å². The maximum atomic E-state index is 11.6. The topological polar surface area (TPSA) is 61.7 Å². The summed E-state index contributed by atoms with van der Waals surface area (Å²) in [5, 5.41) is 15.2. The van der Waals surface area contributed by atoms with Crippen LogP contribution in [-0.4, -0.2) is 24.6 Å². The number of para-hydroxylation sites is 1. The lowest BCUT2D eigenvalue weighted by Gasteiger charge is -2.33. The Morgan fingerprint density at radius 1 is 1.20 bits per heavy atom. The summed E-state index contributed by atoms with van der Waals surface area (Å²) in [4.78, 5) is 4.39. The van der Waals surface area contributed by atoms with Crippen LogP contribution >= 0.6 is 0 Å². The first kappa shape index (κ1) is 13.1. The molecule has 5 nitrogen and oxygen atoms in total. The van der Waals surface area contributed by atoms with Gasteiger partial charge in [0.1, 0.15) is 17.5 Å². The van der Waals surface area contributed by atoms with Gasteiger partial charge in [0.15, 0.2) is 5.75 Å². The predicted octanol–water partition coefficient (Wildman–Crippen LogP) is 0.901. The third kappa shape index (κ3) is 2.96.